The summed E-state index contributed by atoms with van der Waals surface area (Å²) >= 11 is 0. The third kappa shape index (κ3) is 5.58. The fraction of sp³-hybridized carbons (Fsp3) is 0.500. The molecule has 0 heterocycles. The van der Waals surface area contributed by atoms with Gasteiger partial charge in [0, 0.05) is 0 Å². The Balaban J connectivity index is 2.29. The van der Waals surface area contributed by atoms with E-state index in [1.54, 1.807) is 0 Å². The number of hydrogen-bond acceptors (Lipinski definition) is 1. The molecule has 94 valence electrons. The molecule has 0 saturated carbocycles. The summed E-state index contributed by atoms with van der Waals surface area (Å²) in [6, 6.07) is 8.09. The predicted octanol–water partition coefficient (Wildman–Crippen LogP) is 5.07. The van der Waals surface area contributed by atoms with Crippen molar-refractivity contribution in [3.05, 3.63) is 36.4 Å². The van der Waals surface area contributed by atoms with Gasteiger partial charge in [0.1, 0.15) is 5.75 Å². The van der Waals surface area contributed by atoms with Crippen LogP contribution in [0.1, 0.15) is 51.5 Å². The Kier molecular flexibility index (Phi) is 6.46. The molecule has 1 atom stereocenters. The highest BCUT2D eigenvalue weighted by Gasteiger charge is 2.03. The predicted molar refractivity (Wildman–Crippen MR) is 75.4 cm³/mol. The molecule has 0 radical (unpaired) electrons. The first kappa shape index (κ1) is 13.8. The van der Waals surface area contributed by atoms with Gasteiger partial charge in [-0.2, -0.15) is 0 Å². The van der Waals surface area contributed by atoms with Crippen molar-refractivity contribution in [3.8, 4) is 5.75 Å². The van der Waals surface area contributed by atoms with Gasteiger partial charge < -0.3 is 4.74 Å². The van der Waals surface area contributed by atoms with Crippen LogP contribution in [0.2, 0.25) is 0 Å². The Labute approximate surface area is 106 Å². The zero-order valence-electron chi connectivity index (χ0n) is 11.1. The molecule has 1 heteroatoms. The summed E-state index contributed by atoms with van der Waals surface area (Å²) in [5, 5.41) is 0. The van der Waals surface area contributed by atoms with Crippen LogP contribution >= 0.6 is 0 Å². The number of ether oxygens (including phenoxy) is 1. The van der Waals surface area contributed by atoms with Crippen LogP contribution in [0.5, 0.6) is 5.75 Å². The van der Waals surface area contributed by atoms with Gasteiger partial charge in [-0.25, -0.2) is 0 Å². The third-order valence-electron chi connectivity index (χ3n) is 2.92. The first-order valence-corrected chi connectivity index (χ1v) is 6.65. The first-order valence-electron chi connectivity index (χ1n) is 6.65. The molecular formula is C16H24O. The monoisotopic (exact) mass is 232 g/mol. The summed E-state index contributed by atoms with van der Waals surface area (Å²) in [4.78, 5) is 0. The molecule has 1 aromatic carbocycles. The molecule has 0 bridgehead atoms. The van der Waals surface area contributed by atoms with Gasteiger partial charge in [0.05, 0.1) is 6.10 Å². The van der Waals surface area contributed by atoms with Crippen LogP contribution in [0.15, 0.2) is 30.8 Å². The highest BCUT2D eigenvalue weighted by molar-refractivity contribution is 5.48. The lowest BCUT2D eigenvalue weighted by atomic mass is 10.1. The van der Waals surface area contributed by atoms with Gasteiger partial charge in [0.25, 0.3) is 0 Å². The van der Waals surface area contributed by atoms with E-state index in [9.17, 15) is 0 Å². The van der Waals surface area contributed by atoms with Crippen molar-refractivity contribution < 1.29 is 4.74 Å². The van der Waals surface area contributed by atoms with Crippen molar-refractivity contribution in [1.82, 2.24) is 0 Å². The molecule has 0 fully saturated rings. The van der Waals surface area contributed by atoms with E-state index in [4.69, 9.17) is 4.74 Å². The standard InChI is InChI=1S/C16H24O/c1-4-6-7-8-9-14(3)17-16-12-10-15(5-2)11-13-16/h5,10-14H,2,4,6-9H2,1,3H3. The molecule has 1 aromatic rings. The van der Waals surface area contributed by atoms with Crippen molar-refractivity contribution >= 4 is 6.08 Å². The lowest BCUT2D eigenvalue weighted by Gasteiger charge is -2.14. The number of unbranched alkanes of at least 4 members (excludes halogenated alkanes) is 3. The van der Waals surface area contributed by atoms with Crippen LogP contribution in [0, 0.1) is 0 Å². The van der Waals surface area contributed by atoms with E-state index in [-0.39, 0.29) is 0 Å². The molecule has 0 N–H and O–H groups in total. The highest BCUT2D eigenvalue weighted by Crippen LogP contribution is 2.16. The molecular weight excluding hydrogens is 208 g/mol. The Bertz CT molecular complexity index is 313. The number of benzene rings is 1. The van der Waals surface area contributed by atoms with Gasteiger partial charge >= 0.3 is 0 Å². The van der Waals surface area contributed by atoms with E-state index in [2.05, 4.69) is 20.4 Å². The van der Waals surface area contributed by atoms with E-state index < -0.39 is 0 Å². The molecule has 0 amide bonds. The summed E-state index contributed by atoms with van der Waals surface area (Å²) in [7, 11) is 0. The van der Waals surface area contributed by atoms with Crippen LogP contribution in [0.25, 0.3) is 6.08 Å². The van der Waals surface area contributed by atoms with E-state index in [1.807, 2.05) is 30.3 Å². The number of hydrogen-bond donors (Lipinski definition) is 0. The molecule has 0 saturated heterocycles. The Morgan fingerprint density at radius 1 is 1.18 bits per heavy atom. The topological polar surface area (TPSA) is 9.23 Å². The van der Waals surface area contributed by atoms with Crippen molar-refractivity contribution in [2.24, 2.45) is 0 Å². The normalized spacial score (nSPS) is 12.1. The maximum absolute atomic E-state index is 5.86. The second-order valence-corrected chi connectivity index (χ2v) is 4.55. The number of rotatable bonds is 8. The van der Waals surface area contributed by atoms with Crippen LogP contribution in [-0.4, -0.2) is 6.10 Å². The van der Waals surface area contributed by atoms with Crippen LogP contribution < -0.4 is 4.74 Å². The van der Waals surface area contributed by atoms with Gasteiger partial charge in [0.2, 0.25) is 0 Å². The highest BCUT2D eigenvalue weighted by atomic mass is 16.5. The lowest BCUT2D eigenvalue weighted by molar-refractivity contribution is 0.206. The Hall–Kier alpha value is -1.24. The largest absolute Gasteiger partial charge is 0.491 e. The smallest absolute Gasteiger partial charge is 0.119 e. The van der Waals surface area contributed by atoms with Crippen molar-refractivity contribution in [1.29, 1.82) is 0 Å². The van der Waals surface area contributed by atoms with Crippen LogP contribution in [0.3, 0.4) is 0 Å². The van der Waals surface area contributed by atoms with E-state index in [0.29, 0.717) is 6.10 Å². The quantitative estimate of drug-likeness (QED) is 0.569. The fourth-order valence-corrected chi connectivity index (χ4v) is 1.83. The summed E-state index contributed by atoms with van der Waals surface area (Å²) in [5.74, 6) is 0.957. The lowest BCUT2D eigenvalue weighted by Crippen LogP contribution is -2.11. The Morgan fingerprint density at radius 2 is 1.88 bits per heavy atom. The van der Waals surface area contributed by atoms with Gasteiger partial charge in [0.15, 0.2) is 0 Å². The second-order valence-electron chi connectivity index (χ2n) is 4.55. The van der Waals surface area contributed by atoms with Gasteiger partial charge in [-0.05, 0) is 37.5 Å². The fourth-order valence-electron chi connectivity index (χ4n) is 1.83. The molecule has 0 spiro atoms. The molecule has 0 aliphatic carbocycles. The summed E-state index contributed by atoms with van der Waals surface area (Å²) < 4.78 is 5.86. The zero-order valence-corrected chi connectivity index (χ0v) is 11.1. The van der Waals surface area contributed by atoms with Crippen molar-refractivity contribution in [2.75, 3.05) is 0 Å². The van der Waals surface area contributed by atoms with Gasteiger partial charge in [-0.1, -0.05) is 51.0 Å². The molecule has 0 aromatic heterocycles. The van der Waals surface area contributed by atoms with E-state index in [1.165, 1.54) is 25.7 Å². The molecule has 1 unspecified atom stereocenters. The second kappa shape index (κ2) is 7.94. The van der Waals surface area contributed by atoms with Gasteiger partial charge in [-0.15, -0.1) is 0 Å². The maximum atomic E-state index is 5.86. The first-order chi connectivity index (χ1) is 8.26. The molecule has 17 heavy (non-hydrogen) atoms. The minimum Gasteiger partial charge on any atom is -0.491 e. The molecule has 1 nitrogen and oxygen atoms in total. The molecule has 0 aliphatic rings. The van der Waals surface area contributed by atoms with E-state index >= 15 is 0 Å². The SMILES string of the molecule is C=Cc1ccc(OC(C)CCCCCC)cc1. The summed E-state index contributed by atoms with van der Waals surface area (Å²) in [5.41, 5.74) is 1.13. The third-order valence-corrected chi connectivity index (χ3v) is 2.92. The maximum Gasteiger partial charge on any atom is 0.119 e. The molecule has 1 rings (SSSR count). The average molecular weight is 232 g/mol. The van der Waals surface area contributed by atoms with Crippen molar-refractivity contribution in [3.63, 3.8) is 0 Å². The minimum atomic E-state index is 0.307. The van der Waals surface area contributed by atoms with Crippen molar-refractivity contribution in [2.45, 2.75) is 52.1 Å². The summed E-state index contributed by atoms with van der Waals surface area (Å²) in [6.07, 6.45) is 8.50. The summed E-state index contributed by atoms with van der Waals surface area (Å²) in [6.45, 7) is 8.12. The minimum absolute atomic E-state index is 0.307. The molecule has 0 aliphatic heterocycles. The zero-order chi connectivity index (χ0) is 12.5. The Morgan fingerprint density at radius 3 is 2.47 bits per heavy atom. The van der Waals surface area contributed by atoms with Crippen LogP contribution in [-0.2, 0) is 0 Å². The van der Waals surface area contributed by atoms with Crippen LogP contribution in [0.4, 0.5) is 0 Å². The van der Waals surface area contributed by atoms with E-state index in [0.717, 1.165) is 17.7 Å². The van der Waals surface area contributed by atoms with Gasteiger partial charge in [-0.3, -0.25) is 0 Å². The average Bonchev–Trinajstić information content (AvgIpc) is 2.36.